The number of alkyl halides is 1. The Kier molecular flexibility index (Phi) is 5.79. The van der Waals surface area contributed by atoms with Crippen LogP contribution in [0.4, 0.5) is 17.6 Å². The monoisotopic (exact) mass is 374 g/mol. The zero-order valence-corrected chi connectivity index (χ0v) is 14.7. The lowest BCUT2D eigenvalue weighted by molar-refractivity contribution is 0.265. The summed E-state index contributed by atoms with van der Waals surface area (Å²) < 4.78 is 59.9. The highest BCUT2D eigenvalue weighted by atomic mass is 19.1. The maximum atomic E-state index is 14.6. The molecule has 0 saturated heterocycles. The molecule has 0 radical (unpaired) electrons. The molecule has 3 aromatic rings. The van der Waals surface area contributed by atoms with Crippen LogP contribution in [0, 0.1) is 24.4 Å². The van der Waals surface area contributed by atoms with Crippen LogP contribution >= 0.6 is 0 Å². The molecule has 0 heterocycles. The van der Waals surface area contributed by atoms with Gasteiger partial charge >= 0.3 is 0 Å². The maximum Gasteiger partial charge on any atom is 0.190 e. The molecule has 140 valence electrons. The first-order valence-corrected chi connectivity index (χ1v) is 8.54. The quantitative estimate of drug-likeness (QED) is 0.354. The molecule has 0 N–H and O–H groups in total. The molecule has 3 aromatic carbocycles. The van der Waals surface area contributed by atoms with Crippen molar-refractivity contribution in [3.8, 4) is 28.0 Å². The van der Waals surface area contributed by atoms with Gasteiger partial charge in [-0.3, -0.25) is 4.39 Å². The van der Waals surface area contributed by atoms with Gasteiger partial charge < -0.3 is 4.74 Å². The Bertz CT molecular complexity index is 913. The predicted octanol–water partition coefficient (Wildman–Crippen LogP) is 6.48. The first kappa shape index (κ1) is 19.0. The molecule has 0 aliphatic carbocycles. The second-order valence-electron chi connectivity index (χ2n) is 6.22. The Morgan fingerprint density at radius 3 is 1.93 bits per heavy atom. The Morgan fingerprint density at radius 1 is 0.741 bits per heavy atom. The van der Waals surface area contributed by atoms with Crippen LogP contribution in [0.15, 0.2) is 54.6 Å². The topological polar surface area (TPSA) is 9.23 Å². The summed E-state index contributed by atoms with van der Waals surface area (Å²) in [5.74, 6) is -3.07. The second kappa shape index (κ2) is 8.25. The van der Waals surface area contributed by atoms with Gasteiger partial charge in [0.1, 0.15) is 5.82 Å². The highest BCUT2D eigenvalue weighted by molar-refractivity contribution is 5.71. The average Bonchev–Trinajstić information content (AvgIpc) is 2.64. The molecular weight excluding hydrogens is 356 g/mol. The van der Waals surface area contributed by atoms with Crippen molar-refractivity contribution in [1.82, 2.24) is 0 Å². The van der Waals surface area contributed by atoms with E-state index in [0.717, 1.165) is 23.3 Å². The van der Waals surface area contributed by atoms with Crippen molar-refractivity contribution < 1.29 is 22.3 Å². The zero-order valence-electron chi connectivity index (χ0n) is 14.7. The van der Waals surface area contributed by atoms with Crippen molar-refractivity contribution in [2.24, 2.45) is 0 Å². The minimum Gasteiger partial charge on any atom is -0.488 e. The van der Waals surface area contributed by atoms with Crippen LogP contribution < -0.4 is 4.74 Å². The fraction of sp³-hybridized carbons (Fsp3) is 0.182. The van der Waals surface area contributed by atoms with Gasteiger partial charge in [0.2, 0.25) is 0 Å². The summed E-state index contributed by atoms with van der Waals surface area (Å²) >= 11 is 0. The molecule has 0 spiro atoms. The van der Waals surface area contributed by atoms with Crippen molar-refractivity contribution >= 4 is 0 Å². The normalized spacial score (nSPS) is 10.9. The van der Waals surface area contributed by atoms with Gasteiger partial charge in [-0.25, -0.2) is 13.2 Å². The van der Waals surface area contributed by atoms with E-state index >= 15 is 0 Å². The third-order valence-electron chi connectivity index (χ3n) is 4.19. The fourth-order valence-electron chi connectivity index (χ4n) is 2.76. The van der Waals surface area contributed by atoms with E-state index in [1.165, 1.54) is 12.1 Å². The van der Waals surface area contributed by atoms with Crippen LogP contribution in [0.25, 0.3) is 22.3 Å². The summed E-state index contributed by atoms with van der Waals surface area (Å²) in [6.07, 6.45) is 0.0374. The van der Waals surface area contributed by atoms with Gasteiger partial charge in [0, 0.05) is 12.0 Å². The lowest BCUT2D eigenvalue weighted by Gasteiger charge is -2.11. The molecule has 27 heavy (non-hydrogen) atoms. The van der Waals surface area contributed by atoms with E-state index in [0.29, 0.717) is 5.56 Å². The zero-order chi connectivity index (χ0) is 19.4. The van der Waals surface area contributed by atoms with Gasteiger partial charge in [-0.2, -0.15) is 0 Å². The predicted molar refractivity (Wildman–Crippen MR) is 98.0 cm³/mol. The Hall–Kier alpha value is -2.82. The van der Waals surface area contributed by atoms with E-state index in [2.05, 4.69) is 0 Å². The van der Waals surface area contributed by atoms with E-state index in [-0.39, 0.29) is 24.2 Å². The van der Waals surface area contributed by atoms with Crippen molar-refractivity contribution in [2.75, 3.05) is 13.3 Å². The van der Waals surface area contributed by atoms with Gasteiger partial charge in [0.25, 0.3) is 0 Å². The number of rotatable bonds is 6. The second-order valence-corrected chi connectivity index (χ2v) is 6.22. The minimum absolute atomic E-state index is 0.0374. The van der Waals surface area contributed by atoms with E-state index in [4.69, 9.17) is 4.74 Å². The smallest absolute Gasteiger partial charge is 0.190 e. The van der Waals surface area contributed by atoms with Crippen LogP contribution in [0.5, 0.6) is 5.75 Å². The van der Waals surface area contributed by atoms with Crippen LogP contribution in [-0.2, 0) is 0 Å². The summed E-state index contributed by atoms with van der Waals surface area (Å²) in [4.78, 5) is 0. The lowest BCUT2D eigenvalue weighted by Crippen LogP contribution is -2.03. The molecule has 0 saturated carbocycles. The molecule has 0 atom stereocenters. The molecule has 0 amide bonds. The standard InChI is InChI=1S/C22H18F4O/c1-14-3-5-15(6-4-14)16-7-8-18(19(24)11-16)17-12-20(25)22(21(26)13-17)27-10-2-9-23/h3-8,11-13H,2,9-10H2,1H3. The van der Waals surface area contributed by atoms with Gasteiger partial charge in [0.05, 0.1) is 13.3 Å². The van der Waals surface area contributed by atoms with E-state index in [1.54, 1.807) is 6.07 Å². The molecule has 1 nitrogen and oxygen atoms in total. The summed E-state index contributed by atoms with van der Waals surface area (Å²) in [5, 5.41) is 0. The number of benzene rings is 3. The van der Waals surface area contributed by atoms with E-state index in [9.17, 15) is 17.6 Å². The van der Waals surface area contributed by atoms with Crippen LogP contribution in [-0.4, -0.2) is 13.3 Å². The molecule has 0 bridgehead atoms. The summed E-state index contributed by atoms with van der Waals surface area (Å²) in [6.45, 7) is 1.19. The Morgan fingerprint density at radius 2 is 1.33 bits per heavy atom. The molecule has 0 aromatic heterocycles. The first-order valence-electron chi connectivity index (χ1n) is 8.54. The third-order valence-corrected chi connectivity index (χ3v) is 4.19. The number of halogens is 4. The van der Waals surface area contributed by atoms with Gasteiger partial charge in [-0.1, -0.05) is 42.0 Å². The highest BCUT2D eigenvalue weighted by Crippen LogP contribution is 2.32. The number of ether oxygens (including phenoxy) is 1. The molecular formula is C22H18F4O. The molecule has 0 unspecified atom stereocenters. The molecule has 0 aliphatic heterocycles. The van der Waals surface area contributed by atoms with Gasteiger partial charge in [-0.05, 0) is 41.8 Å². The largest absolute Gasteiger partial charge is 0.488 e. The first-order chi connectivity index (χ1) is 13.0. The lowest BCUT2D eigenvalue weighted by atomic mass is 9.99. The minimum atomic E-state index is -0.953. The Balaban J connectivity index is 1.91. The van der Waals surface area contributed by atoms with Crippen LogP contribution in [0.3, 0.4) is 0 Å². The average molecular weight is 374 g/mol. The molecule has 5 heteroatoms. The molecule has 0 fully saturated rings. The summed E-state index contributed by atoms with van der Waals surface area (Å²) in [5.41, 5.74) is 2.76. The van der Waals surface area contributed by atoms with Crippen LogP contribution in [0.2, 0.25) is 0 Å². The van der Waals surface area contributed by atoms with Crippen molar-refractivity contribution in [3.05, 3.63) is 77.6 Å². The molecule has 0 aliphatic rings. The molecule has 3 rings (SSSR count). The highest BCUT2D eigenvalue weighted by Gasteiger charge is 2.16. The SMILES string of the molecule is Cc1ccc(-c2ccc(-c3cc(F)c(OCCCF)c(F)c3)c(F)c2)cc1. The summed E-state index contributed by atoms with van der Waals surface area (Å²) in [7, 11) is 0. The van der Waals surface area contributed by atoms with Crippen LogP contribution in [0.1, 0.15) is 12.0 Å². The van der Waals surface area contributed by atoms with Gasteiger partial charge in [-0.15, -0.1) is 0 Å². The number of aryl methyl sites for hydroxylation is 1. The van der Waals surface area contributed by atoms with Crippen molar-refractivity contribution in [2.45, 2.75) is 13.3 Å². The fourth-order valence-corrected chi connectivity index (χ4v) is 2.76. The van der Waals surface area contributed by atoms with E-state index in [1.807, 2.05) is 31.2 Å². The third kappa shape index (κ3) is 4.30. The van der Waals surface area contributed by atoms with Crippen molar-refractivity contribution in [3.63, 3.8) is 0 Å². The van der Waals surface area contributed by atoms with E-state index < -0.39 is 29.9 Å². The van der Waals surface area contributed by atoms with Crippen molar-refractivity contribution in [1.29, 1.82) is 0 Å². The number of hydrogen-bond acceptors (Lipinski definition) is 1. The maximum absolute atomic E-state index is 14.6. The number of hydrogen-bond donors (Lipinski definition) is 0. The Labute approximate surface area is 155 Å². The van der Waals surface area contributed by atoms with Gasteiger partial charge in [0.15, 0.2) is 17.4 Å². The summed E-state index contributed by atoms with van der Waals surface area (Å²) in [6, 6.07) is 14.2.